The standard InChI is InChI=1S/C13H30N2O4Si/c1-4-17-20(18-5-2,19-6-3)12-10-8-7-9-11-15-13(14)16/h4-12H2,1-3H3,(H3,14,15,16). The van der Waals surface area contributed by atoms with Crippen molar-refractivity contribution in [2.45, 2.75) is 52.5 Å². The fourth-order valence-corrected chi connectivity index (χ4v) is 4.72. The average molecular weight is 306 g/mol. The minimum atomic E-state index is -2.47. The molecule has 6 nitrogen and oxygen atoms in total. The van der Waals surface area contributed by atoms with Gasteiger partial charge in [0.1, 0.15) is 0 Å². The summed E-state index contributed by atoms with van der Waals surface area (Å²) in [7, 11) is -2.47. The Kier molecular flexibility index (Phi) is 11.7. The first kappa shape index (κ1) is 19.4. The molecular formula is C13H30N2O4Si. The first-order valence-electron chi connectivity index (χ1n) is 7.55. The molecule has 0 radical (unpaired) electrons. The van der Waals surface area contributed by atoms with Gasteiger partial charge >= 0.3 is 14.8 Å². The fourth-order valence-electron chi connectivity index (χ4n) is 2.03. The third-order valence-corrected chi connectivity index (χ3v) is 5.95. The van der Waals surface area contributed by atoms with Gasteiger partial charge in [0.25, 0.3) is 0 Å². The van der Waals surface area contributed by atoms with Crippen LogP contribution in [0.3, 0.4) is 0 Å². The van der Waals surface area contributed by atoms with Crippen molar-refractivity contribution < 1.29 is 18.1 Å². The van der Waals surface area contributed by atoms with E-state index in [1.165, 1.54) is 0 Å². The van der Waals surface area contributed by atoms with Crippen molar-refractivity contribution in [1.29, 1.82) is 0 Å². The number of hydrogen-bond donors (Lipinski definition) is 2. The van der Waals surface area contributed by atoms with E-state index in [1.807, 2.05) is 20.8 Å². The normalized spacial score (nSPS) is 11.6. The number of nitrogens with two attached hydrogens (primary N) is 1. The van der Waals surface area contributed by atoms with Gasteiger partial charge in [0.15, 0.2) is 0 Å². The van der Waals surface area contributed by atoms with Crippen LogP contribution < -0.4 is 11.1 Å². The Morgan fingerprint density at radius 2 is 1.45 bits per heavy atom. The molecule has 0 bridgehead atoms. The zero-order chi connectivity index (χ0) is 15.3. The van der Waals surface area contributed by atoms with E-state index in [9.17, 15) is 4.79 Å². The summed E-state index contributed by atoms with van der Waals surface area (Å²) in [4.78, 5) is 10.5. The lowest BCUT2D eigenvalue weighted by Gasteiger charge is -2.28. The number of urea groups is 1. The molecule has 120 valence electrons. The van der Waals surface area contributed by atoms with Crippen LogP contribution in [-0.4, -0.2) is 41.2 Å². The highest BCUT2D eigenvalue weighted by Gasteiger charge is 2.39. The highest BCUT2D eigenvalue weighted by Crippen LogP contribution is 2.20. The molecule has 0 fully saturated rings. The summed E-state index contributed by atoms with van der Waals surface area (Å²) in [5.74, 6) is 0. The lowest BCUT2D eigenvalue weighted by molar-refractivity contribution is 0.0706. The van der Waals surface area contributed by atoms with Gasteiger partial charge in [0.05, 0.1) is 0 Å². The number of primary amides is 1. The molecule has 2 amide bonds. The predicted octanol–water partition coefficient (Wildman–Crippen LogP) is 2.26. The number of carbonyl (C=O) groups is 1. The minimum absolute atomic E-state index is 0.458. The predicted molar refractivity (Wildman–Crippen MR) is 81.5 cm³/mol. The Hall–Kier alpha value is -0.633. The first-order valence-corrected chi connectivity index (χ1v) is 9.48. The average Bonchev–Trinajstić information content (AvgIpc) is 2.38. The summed E-state index contributed by atoms with van der Waals surface area (Å²) in [6, 6.07) is 0.395. The largest absolute Gasteiger partial charge is 0.500 e. The van der Waals surface area contributed by atoms with Gasteiger partial charge in [-0.05, 0) is 33.6 Å². The Labute approximate surface area is 123 Å². The van der Waals surface area contributed by atoms with Gasteiger partial charge in [-0.25, -0.2) is 4.79 Å². The van der Waals surface area contributed by atoms with Crippen molar-refractivity contribution in [2.24, 2.45) is 5.73 Å². The van der Waals surface area contributed by atoms with E-state index in [0.29, 0.717) is 26.4 Å². The zero-order valence-electron chi connectivity index (χ0n) is 13.1. The summed E-state index contributed by atoms with van der Waals surface area (Å²) in [6.07, 6.45) is 4.08. The van der Waals surface area contributed by atoms with Crippen molar-refractivity contribution >= 4 is 14.8 Å². The van der Waals surface area contributed by atoms with E-state index >= 15 is 0 Å². The van der Waals surface area contributed by atoms with Crippen molar-refractivity contribution in [3.05, 3.63) is 0 Å². The summed E-state index contributed by atoms with van der Waals surface area (Å²) in [5, 5.41) is 2.59. The molecule has 0 rings (SSSR count). The van der Waals surface area contributed by atoms with Gasteiger partial charge in [-0.15, -0.1) is 0 Å². The molecule has 0 atom stereocenters. The minimum Gasteiger partial charge on any atom is -0.374 e. The van der Waals surface area contributed by atoms with Crippen LogP contribution in [0.2, 0.25) is 6.04 Å². The summed E-state index contributed by atoms with van der Waals surface area (Å²) in [6.45, 7) is 8.40. The van der Waals surface area contributed by atoms with Gasteiger partial charge in [-0.2, -0.15) is 0 Å². The topological polar surface area (TPSA) is 82.8 Å². The number of nitrogens with one attached hydrogen (secondary N) is 1. The molecular weight excluding hydrogens is 276 g/mol. The summed E-state index contributed by atoms with van der Waals surface area (Å²) < 4.78 is 17.4. The Balaban J connectivity index is 3.91. The van der Waals surface area contributed by atoms with E-state index in [4.69, 9.17) is 19.0 Å². The lowest BCUT2D eigenvalue weighted by Crippen LogP contribution is -2.45. The van der Waals surface area contributed by atoms with Crippen LogP contribution in [0.4, 0.5) is 4.79 Å². The van der Waals surface area contributed by atoms with Crippen LogP contribution in [0.15, 0.2) is 0 Å². The van der Waals surface area contributed by atoms with Crippen LogP contribution in [0, 0.1) is 0 Å². The molecule has 0 unspecified atom stereocenters. The van der Waals surface area contributed by atoms with Crippen molar-refractivity contribution in [3.63, 3.8) is 0 Å². The maximum Gasteiger partial charge on any atom is 0.500 e. The lowest BCUT2D eigenvalue weighted by atomic mass is 10.2. The third-order valence-electron chi connectivity index (χ3n) is 2.80. The molecule has 0 aromatic heterocycles. The van der Waals surface area contributed by atoms with Gasteiger partial charge in [-0.1, -0.05) is 12.8 Å². The smallest absolute Gasteiger partial charge is 0.374 e. The van der Waals surface area contributed by atoms with Gasteiger partial charge < -0.3 is 24.3 Å². The molecule has 0 saturated heterocycles. The SMILES string of the molecule is CCO[Si](CCCCCCNC(N)=O)(OCC)OCC. The maximum absolute atomic E-state index is 10.5. The Morgan fingerprint density at radius 3 is 1.90 bits per heavy atom. The quantitative estimate of drug-likeness (QED) is 0.404. The number of carbonyl (C=O) groups excluding carboxylic acids is 1. The van der Waals surface area contributed by atoms with E-state index in [0.717, 1.165) is 31.7 Å². The van der Waals surface area contributed by atoms with Crippen LogP contribution in [-0.2, 0) is 13.3 Å². The molecule has 7 heteroatoms. The zero-order valence-corrected chi connectivity index (χ0v) is 14.1. The Bertz CT molecular complexity index is 238. The number of unbranched alkanes of at least 4 members (excludes halogenated alkanes) is 3. The van der Waals surface area contributed by atoms with Crippen LogP contribution in [0.1, 0.15) is 46.5 Å². The second kappa shape index (κ2) is 12.1. The van der Waals surface area contributed by atoms with Crippen molar-refractivity contribution in [1.82, 2.24) is 5.32 Å². The molecule has 0 spiro atoms. The van der Waals surface area contributed by atoms with E-state index < -0.39 is 14.8 Å². The van der Waals surface area contributed by atoms with E-state index in [-0.39, 0.29) is 0 Å². The number of hydrogen-bond acceptors (Lipinski definition) is 4. The first-order chi connectivity index (χ1) is 9.60. The highest BCUT2D eigenvalue weighted by atomic mass is 28.4. The van der Waals surface area contributed by atoms with E-state index in [2.05, 4.69) is 5.32 Å². The molecule has 0 saturated carbocycles. The molecule has 0 aliphatic heterocycles. The van der Waals surface area contributed by atoms with Gasteiger partial charge in [-0.3, -0.25) is 0 Å². The second-order valence-electron chi connectivity index (χ2n) is 4.44. The van der Waals surface area contributed by atoms with Gasteiger partial charge in [0, 0.05) is 32.4 Å². The monoisotopic (exact) mass is 306 g/mol. The fraction of sp³-hybridized carbons (Fsp3) is 0.923. The molecule has 0 aromatic carbocycles. The third kappa shape index (κ3) is 9.30. The van der Waals surface area contributed by atoms with Gasteiger partial charge in [0.2, 0.25) is 0 Å². The molecule has 0 aromatic rings. The summed E-state index contributed by atoms with van der Waals surface area (Å²) in [5.41, 5.74) is 5.00. The Morgan fingerprint density at radius 1 is 0.950 bits per heavy atom. The highest BCUT2D eigenvalue weighted by molar-refractivity contribution is 6.60. The van der Waals surface area contributed by atoms with E-state index in [1.54, 1.807) is 0 Å². The maximum atomic E-state index is 10.5. The van der Waals surface area contributed by atoms with Crippen LogP contribution in [0.25, 0.3) is 0 Å². The number of amides is 2. The van der Waals surface area contributed by atoms with Crippen molar-refractivity contribution in [2.75, 3.05) is 26.4 Å². The molecule has 3 N–H and O–H groups in total. The number of rotatable bonds is 13. The molecule has 0 heterocycles. The molecule has 20 heavy (non-hydrogen) atoms. The molecule has 0 aliphatic carbocycles. The van der Waals surface area contributed by atoms with Crippen molar-refractivity contribution in [3.8, 4) is 0 Å². The summed E-state index contributed by atoms with van der Waals surface area (Å²) >= 11 is 0. The van der Waals surface area contributed by atoms with Crippen LogP contribution in [0.5, 0.6) is 0 Å². The van der Waals surface area contributed by atoms with Crippen LogP contribution >= 0.6 is 0 Å². The molecule has 0 aliphatic rings. The second-order valence-corrected chi connectivity index (χ2v) is 7.17.